The molecular formula is C24H20FN3O2S. The summed E-state index contributed by atoms with van der Waals surface area (Å²) in [5.41, 5.74) is 3.90. The molecular weight excluding hydrogens is 413 g/mol. The Balaban J connectivity index is 1.53. The predicted molar refractivity (Wildman–Crippen MR) is 125 cm³/mol. The van der Waals surface area contributed by atoms with E-state index in [0.717, 1.165) is 33.4 Å². The second kappa shape index (κ2) is 9.57. The number of halogens is 1. The van der Waals surface area contributed by atoms with E-state index in [1.165, 1.54) is 36.0 Å². The van der Waals surface area contributed by atoms with Gasteiger partial charge in [-0.15, -0.1) is 11.8 Å². The van der Waals surface area contributed by atoms with E-state index in [9.17, 15) is 9.18 Å². The van der Waals surface area contributed by atoms with Gasteiger partial charge in [0.05, 0.1) is 35.0 Å². The van der Waals surface area contributed by atoms with Crippen LogP contribution in [0.3, 0.4) is 0 Å². The van der Waals surface area contributed by atoms with Gasteiger partial charge in [-0.1, -0.05) is 24.3 Å². The maximum atomic E-state index is 13.0. The molecule has 3 aromatic rings. The number of hydrogen-bond donors (Lipinski definition) is 1. The molecule has 0 aliphatic carbocycles. The number of amides is 1. The molecule has 156 valence electrons. The Morgan fingerprint density at radius 2 is 1.77 bits per heavy atom. The number of carbonyl (C=O) groups excluding carboxylic acids is 1. The average Bonchev–Trinajstić information content (AvgIpc) is 2.98. The quantitative estimate of drug-likeness (QED) is 0.556. The van der Waals surface area contributed by atoms with Crippen LogP contribution in [0.15, 0.2) is 82.8 Å². The van der Waals surface area contributed by atoms with Gasteiger partial charge < -0.3 is 10.1 Å². The zero-order chi connectivity index (χ0) is 21.6. The van der Waals surface area contributed by atoms with Gasteiger partial charge in [0.25, 0.3) is 0 Å². The third-order valence-corrected chi connectivity index (χ3v) is 5.58. The van der Waals surface area contributed by atoms with E-state index in [2.05, 4.69) is 5.32 Å². The lowest BCUT2D eigenvalue weighted by atomic mass is 10.1. The van der Waals surface area contributed by atoms with E-state index in [-0.39, 0.29) is 17.5 Å². The minimum Gasteiger partial charge on any atom is -0.497 e. The number of nitrogens with zero attached hydrogens (tertiary/aromatic N) is 2. The molecule has 7 heteroatoms. The lowest BCUT2D eigenvalue weighted by molar-refractivity contribution is -0.113. The van der Waals surface area contributed by atoms with Crippen LogP contribution in [0, 0.1) is 5.82 Å². The number of para-hydroxylation sites is 2. The standard InChI is InChI=1S/C24H20FN3O2S/c1-30-19-6-4-5-16(13-19)22-14-24(28-21-8-3-2-7-20(21)27-22)31-15-23(29)26-18-11-9-17(25)10-12-18/h2-13H,14-15H2,1H3,(H,26,29). The smallest absolute Gasteiger partial charge is 0.234 e. The molecule has 3 aromatic carbocycles. The molecule has 31 heavy (non-hydrogen) atoms. The number of hydrogen-bond acceptors (Lipinski definition) is 5. The SMILES string of the molecule is COc1cccc(C2=Nc3ccccc3N=C(SCC(=O)Nc3ccc(F)cc3)C2)c1. The fraction of sp³-hybridized carbons (Fsp3) is 0.125. The molecule has 0 saturated heterocycles. The summed E-state index contributed by atoms with van der Waals surface area (Å²) in [5, 5.41) is 3.57. The third-order valence-electron chi connectivity index (χ3n) is 4.60. The topological polar surface area (TPSA) is 63.1 Å². The van der Waals surface area contributed by atoms with Gasteiger partial charge >= 0.3 is 0 Å². The number of rotatable bonds is 5. The predicted octanol–water partition coefficient (Wildman–Crippen LogP) is 5.76. The molecule has 5 nitrogen and oxygen atoms in total. The first-order chi connectivity index (χ1) is 15.1. The molecule has 0 bridgehead atoms. The molecule has 4 rings (SSSR count). The molecule has 0 unspecified atom stereocenters. The monoisotopic (exact) mass is 433 g/mol. The maximum absolute atomic E-state index is 13.0. The van der Waals surface area contributed by atoms with E-state index in [4.69, 9.17) is 14.7 Å². The highest BCUT2D eigenvalue weighted by molar-refractivity contribution is 8.14. The number of benzene rings is 3. The van der Waals surface area contributed by atoms with E-state index in [1.807, 2.05) is 48.5 Å². The Kier molecular flexibility index (Phi) is 6.43. The van der Waals surface area contributed by atoms with Gasteiger partial charge in [0.2, 0.25) is 5.91 Å². The Morgan fingerprint density at radius 1 is 1.03 bits per heavy atom. The lowest BCUT2D eigenvalue weighted by Gasteiger charge is -2.09. The van der Waals surface area contributed by atoms with Crippen molar-refractivity contribution in [2.45, 2.75) is 6.42 Å². The Bertz CT molecular complexity index is 1160. The largest absolute Gasteiger partial charge is 0.497 e. The Morgan fingerprint density at radius 3 is 2.52 bits per heavy atom. The summed E-state index contributed by atoms with van der Waals surface area (Å²) in [7, 11) is 1.63. The maximum Gasteiger partial charge on any atom is 0.234 e. The number of thioether (sulfide) groups is 1. The van der Waals surface area contributed by atoms with Crippen LogP contribution in [0.5, 0.6) is 5.75 Å². The number of fused-ring (bicyclic) bond motifs is 1. The molecule has 0 spiro atoms. The molecule has 0 saturated carbocycles. The van der Waals surface area contributed by atoms with Gasteiger partial charge in [0.15, 0.2) is 0 Å². The van der Waals surface area contributed by atoms with Crippen molar-refractivity contribution in [3.8, 4) is 5.75 Å². The van der Waals surface area contributed by atoms with Crippen molar-refractivity contribution in [3.05, 3.63) is 84.2 Å². The van der Waals surface area contributed by atoms with Gasteiger partial charge in [-0.25, -0.2) is 9.38 Å². The van der Waals surface area contributed by atoms with Crippen molar-refractivity contribution in [3.63, 3.8) is 0 Å². The zero-order valence-corrected chi connectivity index (χ0v) is 17.7. The number of anilines is 1. The van der Waals surface area contributed by atoms with Gasteiger partial charge in [-0.3, -0.25) is 9.79 Å². The van der Waals surface area contributed by atoms with Crippen LogP contribution in [0.4, 0.5) is 21.5 Å². The summed E-state index contributed by atoms with van der Waals surface area (Å²) in [5.74, 6) is 0.409. The van der Waals surface area contributed by atoms with Crippen LogP contribution in [0.1, 0.15) is 12.0 Å². The van der Waals surface area contributed by atoms with Crippen LogP contribution in [-0.4, -0.2) is 29.5 Å². The minimum absolute atomic E-state index is 0.184. The third kappa shape index (κ3) is 5.38. The number of aliphatic imine (C=N–C) groups is 2. The summed E-state index contributed by atoms with van der Waals surface area (Å²) in [6, 6.07) is 21.1. The molecule has 0 aromatic heterocycles. The van der Waals surface area contributed by atoms with Crippen molar-refractivity contribution in [2.75, 3.05) is 18.2 Å². The normalized spacial score (nSPS) is 12.8. The van der Waals surface area contributed by atoms with Gasteiger partial charge in [0, 0.05) is 17.7 Å². The summed E-state index contributed by atoms with van der Waals surface area (Å²) in [6.45, 7) is 0. The van der Waals surface area contributed by atoms with Crippen molar-refractivity contribution < 1.29 is 13.9 Å². The first kappa shape index (κ1) is 20.8. The number of carbonyl (C=O) groups is 1. The molecule has 1 aliphatic heterocycles. The second-order valence-electron chi connectivity index (χ2n) is 6.81. The number of methoxy groups -OCH3 is 1. The second-order valence-corrected chi connectivity index (χ2v) is 7.85. The summed E-state index contributed by atoms with van der Waals surface area (Å²) >= 11 is 1.36. The molecule has 1 N–H and O–H groups in total. The molecule has 0 fully saturated rings. The van der Waals surface area contributed by atoms with E-state index < -0.39 is 0 Å². The van der Waals surface area contributed by atoms with Gasteiger partial charge in [0.1, 0.15) is 11.6 Å². The van der Waals surface area contributed by atoms with Crippen LogP contribution in [0.25, 0.3) is 0 Å². The summed E-state index contributed by atoms with van der Waals surface area (Å²) < 4.78 is 18.4. The molecule has 0 atom stereocenters. The lowest BCUT2D eigenvalue weighted by Crippen LogP contribution is -2.16. The van der Waals surface area contributed by atoms with Crippen molar-refractivity contribution in [1.82, 2.24) is 0 Å². The van der Waals surface area contributed by atoms with Crippen LogP contribution >= 0.6 is 11.8 Å². The highest BCUT2D eigenvalue weighted by Gasteiger charge is 2.17. The van der Waals surface area contributed by atoms with E-state index in [0.29, 0.717) is 12.1 Å². The average molecular weight is 434 g/mol. The molecule has 1 heterocycles. The Hall–Kier alpha value is -3.45. The minimum atomic E-state index is -0.344. The van der Waals surface area contributed by atoms with Crippen molar-refractivity contribution >= 4 is 45.5 Å². The highest BCUT2D eigenvalue weighted by Crippen LogP contribution is 2.33. The fourth-order valence-corrected chi connectivity index (χ4v) is 3.86. The van der Waals surface area contributed by atoms with E-state index >= 15 is 0 Å². The van der Waals surface area contributed by atoms with Crippen LogP contribution in [0.2, 0.25) is 0 Å². The highest BCUT2D eigenvalue weighted by atomic mass is 32.2. The van der Waals surface area contributed by atoms with Gasteiger partial charge in [-0.05, 0) is 48.5 Å². The van der Waals surface area contributed by atoms with Gasteiger partial charge in [-0.2, -0.15) is 0 Å². The fourth-order valence-electron chi connectivity index (χ4n) is 3.09. The molecule has 1 amide bonds. The van der Waals surface area contributed by atoms with Crippen molar-refractivity contribution in [2.24, 2.45) is 9.98 Å². The van der Waals surface area contributed by atoms with Crippen LogP contribution in [-0.2, 0) is 4.79 Å². The first-order valence-corrected chi connectivity index (χ1v) is 10.7. The molecule has 0 radical (unpaired) electrons. The number of nitrogens with one attached hydrogen (secondary N) is 1. The summed E-state index contributed by atoms with van der Waals surface area (Å²) in [4.78, 5) is 22.0. The number of ether oxygens (including phenoxy) is 1. The molecule has 1 aliphatic rings. The van der Waals surface area contributed by atoms with Crippen molar-refractivity contribution in [1.29, 1.82) is 0 Å². The first-order valence-electron chi connectivity index (χ1n) is 9.67. The Labute approximate surface area is 184 Å². The van der Waals surface area contributed by atoms with E-state index in [1.54, 1.807) is 7.11 Å². The summed E-state index contributed by atoms with van der Waals surface area (Å²) in [6.07, 6.45) is 0.496. The zero-order valence-electron chi connectivity index (χ0n) is 16.8. The van der Waals surface area contributed by atoms with Crippen LogP contribution < -0.4 is 10.1 Å².